The Morgan fingerprint density at radius 2 is 1.67 bits per heavy atom. The Bertz CT molecular complexity index is 861. The molecule has 0 N–H and O–H groups in total. The molecule has 160 valence electrons. The molecular formula is C24H26Cl2FNO2. The molecule has 6 heteroatoms. The van der Waals surface area contributed by atoms with Crippen LogP contribution in [-0.2, 0) is 17.8 Å². The molecule has 0 unspecified atom stereocenters. The van der Waals surface area contributed by atoms with E-state index in [1.165, 1.54) is 0 Å². The fourth-order valence-electron chi connectivity index (χ4n) is 4.51. The second kappa shape index (κ2) is 9.57. The molecule has 2 aromatic rings. The quantitative estimate of drug-likeness (QED) is 0.521. The predicted molar refractivity (Wildman–Crippen MR) is 118 cm³/mol. The van der Waals surface area contributed by atoms with Crippen molar-refractivity contribution in [3.8, 4) is 5.75 Å². The summed E-state index contributed by atoms with van der Waals surface area (Å²) in [6.07, 6.45) is 3.22. The first kappa shape index (κ1) is 21.5. The zero-order valence-corrected chi connectivity index (χ0v) is 18.3. The predicted octanol–water partition coefficient (Wildman–Crippen LogP) is 6.24. The summed E-state index contributed by atoms with van der Waals surface area (Å²) in [5.41, 5.74) is 1.85. The summed E-state index contributed by atoms with van der Waals surface area (Å²) in [6, 6.07) is 13.6. The van der Waals surface area contributed by atoms with Gasteiger partial charge in [-0.2, -0.15) is 0 Å². The number of halogens is 3. The van der Waals surface area contributed by atoms with E-state index in [1.807, 2.05) is 35.2 Å². The average Bonchev–Trinajstić information content (AvgIpc) is 3.11. The third-order valence-corrected chi connectivity index (χ3v) is 6.91. The molecule has 30 heavy (non-hydrogen) atoms. The first-order chi connectivity index (χ1) is 14.5. The van der Waals surface area contributed by atoms with Gasteiger partial charge in [-0.15, -0.1) is 0 Å². The minimum atomic E-state index is -0.713. The number of carbonyl (C=O) groups is 1. The fraction of sp³-hybridized carbons (Fsp3) is 0.458. The van der Waals surface area contributed by atoms with Gasteiger partial charge in [0, 0.05) is 28.5 Å². The van der Waals surface area contributed by atoms with Crippen LogP contribution in [0.15, 0.2) is 42.5 Å². The van der Waals surface area contributed by atoms with E-state index < -0.39 is 6.17 Å². The largest absolute Gasteiger partial charge is 0.489 e. The first-order valence-electron chi connectivity index (χ1n) is 10.6. The van der Waals surface area contributed by atoms with Crippen molar-refractivity contribution in [2.75, 3.05) is 6.54 Å². The first-order valence-corrected chi connectivity index (χ1v) is 11.4. The van der Waals surface area contributed by atoms with Gasteiger partial charge >= 0.3 is 0 Å². The number of amides is 1. The lowest BCUT2D eigenvalue weighted by Crippen LogP contribution is -2.40. The molecule has 1 saturated heterocycles. The highest BCUT2D eigenvalue weighted by atomic mass is 35.5. The molecule has 1 saturated carbocycles. The zero-order valence-electron chi connectivity index (χ0n) is 16.8. The molecule has 0 spiro atoms. The van der Waals surface area contributed by atoms with Crippen LogP contribution in [0.25, 0.3) is 0 Å². The number of hydrogen-bond acceptors (Lipinski definition) is 2. The Balaban J connectivity index is 1.39. The maximum atomic E-state index is 13.4. The molecule has 2 fully saturated rings. The Kier molecular flexibility index (Phi) is 6.84. The monoisotopic (exact) mass is 449 g/mol. The van der Waals surface area contributed by atoms with E-state index in [9.17, 15) is 9.18 Å². The molecule has 1 aliphatic heterocycles. The van der Waals surface area contributed by atoms with Crippen LogP contribution in [0.1, 0.15) is 43.2 Å². The van der Waals surface area contributed by atoms with Gasteiger partial charge in [0.05, 0.1) is 0 Å². The Labute approximate surface area is 187 Å². The summed E-state index contributed by atoms with van der Waals surface area (Å²) in [5.74, 6) is 0.632. The number of benzene rings is 2. The summed E-state index contributed by atoms with van der Waals surface area (Å²) < 4.78 is 19.3. The van der Waals surface area contributed by atoms with Crippen LogP contribution >= 0.6 is 23.2 Å². The van der Waals surface area contributed by atoms with Crippen molar-refractivity contribution in [3.05, 3.63) is 63.6 Å². The van der Waals surface area contributed by atoms with Gasteiger partial charge in [0.25, 0.3) is 0 Å². The van der Waals surface area contributed by atoms with Crippen molar-refractivity contribution in [3.63, 3.8) is 0 Å². The number of ether oxygens (including phenoxy) is 1. The Morgan fingerprint density at radius 3 is 2.33 bits per heavy atom. The summed E-state index contributed by atoms with van der Waals surface area (Å²) in [6.45, 7) is 1.17. The molecule has 0 radical (unpaired) electrons. The van der Waals surface area contributed by atoms with E-state index in [1.54, 1.807) is 12.1 Å². The van der Waals surface area contributed by atoms with Crippen molar-refractivity contribution in [2.24, 2.45) is 5.92 Å². The molecule has 1 heterocycles. The molecule has 0 aromatic heterocycles. The number of alkyl halides is 1. The molecule has 3 nitrogen and oxygen atoms in total. The second-order valence-corrected chi connectivity index (χ2v) is 9.08. The van der Waals surface area contributed by atoms with Crippen LogP contribution in [0.4, 0.5) is 4.39 Å². The van der Waals surface area contributed by atoms with Crippen molar-refractivity contribution in [2.45, 2.75) is 57.3 Å². The standard InChI is InChI=1S/C24H26Cl2FNO2/c25-22-13-20(30-15-16-4-2-1-3-5-16)14-23(26)21(22)12-17-10-11-28(24(17)29)19-8-6-18(27)7-9-19/h1-5,13-14,17-19H,6-12,15H2/t17-,18?,19?/m0/s1. The van der Waals surface area contributed by atoms with Gasteiger partial charge in [0.15, 0.2) is 0 Å². The third kappa shape index (κ3) is 4.92. The molecule has 2 aliphatic rings. The highest BCUT2D eigenvalue weighted by Crippen LogP contribution is 2.36. The molecule has 0 bridgehead atoms. The van der Waals surface area contributed by atoms with Crippen LogP contribution in [0.2, 0.25) is 10.0 Å². The maximum absolute atomic E-state index is 13.4. The lowest BCUT2D eigenvalue weighted by molar-refractivity contribution is -0.133. The van der Waals surface area contributed by atoms with Crippen molar-refractivity contribution >= 4 is 29.1 Å². The minimum Gasteiger partial charge on any atom is -0.489 e. The van der Waals surface area contributed by atoms with Gasteiger partial charge in [-0.1, -0.05) is 53.5 Å². The zero-order chi connectivity index (χ0) is 21.1. The van der Waals surface area contributed by atoms with Crippen LogP contribution < -0.4 is 4.74 Å². The van der Waals surface area contributed by atoms with Gasteiger partial charge in [-0.3, -0.25) is 4.79 Å². The minimum absolute atomic E-state index is 0.126. The molecule has 1 amide bonds. The molecule has 1 aliphatic carbocycles. The summed E-state index contributed by atoms with van der Waals surface area (Å²) >= 11 is 13.0. The van der Waals surface area contributed by atoms with Crippen LogP contribution in [0.3, 0.4) is 0 Å². The van der Waals surface area contributed by atoms with E-state index in [4.69, 9.17) is 27.9 Å². The SMILES string of the molecule is O=C1[C@H](Cc2c(Cl)cc(OCc3ccccc3)cc2Cl)CCN1C1CCC(F)CC1. The van der Waals surface area contributed by atoms with Gasteiger partial charge in [0.1, 0.15) is 18.5 Å². The van der Waals surface area contributed by atoms with Gasteiger partial charge in [-0.25, -0.2) is 4.39 Å². The number of likely N-dealkylation sites (tertiary alicyclic amines) is 1. The second-order valence-electron chi connectivity index (χ2n) is 8.27. The number of nitrogens with zero attached hydrogens (tertiary/aromatic N) is 1. The van der Waals surface area contributed by atoms with Crippen molar-refractivity contribution < 1.29 is 13.9 Å². The molecular weight excluding hydrogens is 424 g/mol. The lowest BCUT2D eigenvalue weighted by atomic mass is 9.92. The van der Waals surface area contributed by atoms with Crippen molar-refractivity contribution in [1.29, 1.82) is 0 Å². The fourth-order valence-corrected chi connectivity index (χ4v) is 5.13. The van der Waals surface area contributed by atoms with Gasteiger partial charge in [-0.05, 0) is 61.8 Å². The van der Waals surface area contributed by atoms with Crippen molar-refractivity contribution in [1.82, 2.24) is 4.90 Å². The summed E-state index contributed by atoms with van der Waals surface area (Å²) in [4.78, 5) is 14.9. The lowest BCUT2D eigenvalue weighted by Gasteiger charge is -2.32. The number of carbonyl (C=O) groups excluding carboxylic acids is 1. The van der Waals surface area contributed by atoms with Crippen LogP contribution in [0.5, 0.6) is 5.75 Å². The molecule has 4 rings (SSSR count). The Hall–Kier alpha value is -1.78. The summed E-state index contributed by atoms with van der Waals surface area (Å²) in [5, 5.41) is 1.05. The smallest absolute Gasteiger partial charge is 0.226 e. The summed E-state index contributed by atoms with van der Waals surface area (Å²) in [7, 11) is 0. The van der Waals surface area contributed by atoms with E-state index in [-0.39, 0.29) is 17.9 Å². The molecule has 2 aromatic carbocycles. The average molecular weight is 450 g/mol. The van der Waals surface area contributed by atoms with Gasteiger partial charge < -0.3 is 9.64 Å². The van der Waals surface area contributed by atoms with Crippen LogP contribution in [0, 0.1) is 5.92 Å². The highest BCUT2D eigenvalue weighted by molar-refractivity contribution is 6.36. The van der Waals surface area contributed by atoms with Gasteiger partial charge in [0.2, 0.25) is 5.91 Å². The number of hydrogen-bond donors (Lipinski definition) is 0. The third-order valence-electron chi connectivity index (χ3n) is 6.23. The van der Waals surface area contributed by atoms with E-state index in [0.717, 1.165) is 36.9 Å². The normalized spacial score (nSPS) is 24.3. The van der Waals surface area contributed by atoms with E-state index in [2.05, 4.69) is 0 Å². The number of rotatable bonds is 6. The maximum Gasteiger partial charge on any atom is 0.226 e. The van der Waals surface area contributed by atoms with E-state index in [0.29, 0.717) is 41.7 Å². The van der Waals surface area contributed by atoms with E-state index >= 15 is 0 Å². The van der Waals surface area contributed by atoms with Crippen LogP contribution in [-0.4, -0.2) is 29.6 Å². The highest BCUT2D eigenvalue weighted by Gasteiger charge is 2.37. The molecule has 1 atom stereocenters. The Morgan fingerprint density at radius 1 is 1.00 bits per heavy atom. The topological polar surface area (TPSA) is 29.5 Å².